The molecule has 0 aliphatic rings. The second-order valence-corrected chi connectivity index (χ2v) is 5.54. The average Bonchev–Trinajstić information content (AvgIpc) is 3.20. The third-order valence-corrected chi connectivity index (χ3v) is 3.44. The lowest BCUT2D eigenvalue weighted by Gasteiger charge is -2.19. The summed E-state index contributed by atoms with van der Waals surface area (Å²) in [5.41, 5.74) is 1.79. The van der Waals surface area contributed by atoms with Crippen molar-refractivity contribution in [3.63, 3.8) is 0 Å². The molecule has 0 saturated heterocycles. The first-order valence-corrected chi connectivity index (χ1v) is 7.51. The van der Waals surface area contributed by atoms with E-state index in [0.29, 0.717) is 19.6 Å². The maximum absolute atomic E-state index is 10.1. The van der Waals surface area contributed by atoms with E-state index >= 15 is 0 Å². The molecule has 7 nitrogen and oxygen atoms in total. The highest BCUT2D eigenvalue weighted by atomic mass is 16.3. The van der Waals surface area contributed by atoms with E-state index in [9.17, 15) is 5.11 Å². The number of benzene rings is 1. The second-order valence-electron chi connectivity index (χ2n) is 5.54. The molecule has 0 aliphatic carbocycles. The topological polar surface area (TPSA) is 72.0 Å². The van der Waals surface area contributed by atoms with Gasteiger partial charge in [0.05, 0.1) is 30.2 Å². The van der Waals surface area contributed by atoms with Crippen LogP contribution in [0.15, 0.2) is 55.0 Å². The highest BCUT2D eigenvalue weighted by Gasteiger charge is 2.11. The van der Waals surface area contributed by atoms with Crippen LogP contribution >= 0.6 is 0 Å². The smallest absolute Gasteiger partial charge is 0.0971 e. The Morgan fingerprint density at radius 1 is 1.17 bits per heavy atom. The van der Waals surface area contributed by atoms with E-state index in [1.54, 1.807) is 21.9 Å². The van der Waals surface area contributed by atoms with Crippen LogP contribution in [-0.2, 0) is 13.1 Å². The maximum atomic E-state index is 10.1. The molecule has 3 aromatic rings. The summed E-state index contributed by atoms with van der Waals surface area (Å²) in [5, 5.41) is 23.0. The van der Waals surface area contributed by atoms with Crippen molar-refractivity contribution >= 4 is 0 Å². The number of aromatic nitrogens is 5. The number of aliphatic hydroxyl groups excluding tert-OH is 1. The SMILES string of the molecule is CN(Cc1cnn(-c2ccccc2)n1)C[C@@H](O)Cn1cccn1. The van der Waals surface area contributed by atoms with Crippen LogP contribution in [-0.4, -0.2) is 54.5 Å². The van der Waals surface area contributed by atoms with Crippen LogP contribution in [0, 0.1) is 0 Å². The van der Waals surface area contributed by atoms with E-state index in [2.05, 4.69) is 15.3 Å². The van der Waals surface area contributed by atoms with E-state index in [1.807, 2.05) is 54.5 Å². The quantitative estimate of drug-likeness (QED) is 0.703. The van der Waals surface area contributed by atoms with Gasteiger partial charge in [0, 0.05) is 25.5 Å². The van der Waals surface area contributed by atoms with Crippen LogP contribution in [0.25, 0.3) is 5.69 Å². The zero-order valence-corrected chi connectivity index (χ0v) is 13.0. The van der Waals surface area contributed by atoms with Gasteiger partial charge in [-0.25, -0.2) is 0 Å². The van der Waals surface area contributed by atoms with Crippen LogP contribution in [0.4, 0.5) is 0 Å². The monoisotopic (exact) mass is 312 g/mol. The Kier molecular flexibility index (Phi) is 4.80. The van der Waals surface area contributed by atoms with Gasteiger partial charge in [0.25, 0.3) is 0 Å². The first-order valence-electron chi connectivity index (χ1n) is 7.51. The Balaban J connectivity index is 1.54. The molecule has 0 saturated carbocycles. The van der Waals surface area contributed by atoms with Gasteiger partial charge in [-0.1, -0.05) is 18.2 Å². The zero-order chi connectivity index (χ0) is 16.1. The number of likely N-dealkylation sites (N-methyl/N-ethyl adjacent to an activating group) is 1. The highest BCUT2D eigenvalue weighted by molar-refractivity contribution is 5.28. The molecule has 0 amide bonds. The molecule has 0 bridgehead atoms. The molecule has 0 unspecified atom stereocenters. The van der Waals surface area contributed by atoms with Crippen molar-refractivity contribution in [3.05, 3.63) is 60.7 Å². The minimum absolute atomic E-state index is 0.480. The summed E-state index contributed by atoms with van der Waals surface area (Å²) >= 11 is 0. The Morgan fingerprint density at radius 2 is 2.00 bits per heavy atom. The van der Waals surface area contributed by atoms with Crippen LogP contribution in [0.2, 0.25) is 0 Å². The number of rotatable bonds is 7. The molecule has 3 rings (SSSR count). The van der Waals surface area contributed by atoms with Crippen LogP contribution in [0.3, 0.4) is 0 Å². The summed E-state index contributed by atoms with van der Waals surface area (Å²) in [5.74, 6) is 0. The molecule has 23 heavy (non-hydrogen) atoms. The fraction of sp³-hybridized carbons (Fsp3) is 0.312. The number of para-hydroxylation sites is 1. The standard InChI is InChI=1S/C16H20N6O/c1-20(12-16(23)13-21-9-5-8-17-21)11-14-10-18-22(19-14)15-6-3-2-4-7-15/h2-10,16,23H,11-13H2,1H3/t16-/m1/s1. The van der Waals surface area contributed by atoms with Crippen molar-refractivity contribution in [2.75, 3.05) is 13.6 Å². The first kappa shape index (κ1) is 15.4. The first-order chi connectivity index (χ1) is 11.2. The van der Waals surface area contributed by atoms with Crippen molar-refractivity contribution in [1.29, 1.82) is 0 Å². The second kappa shape index (κ2) is 7.17. The van der Waals surface area contributed by atoms with Gasteiger partial charge in [-0.15, -0.1) is 0 Å². The molecule has 2 aromatic heterocycles. The predicted octanol–water partition coefficient (Wildman–Crippen LogP) is 0.957. The molecule has 120 valence electrons. The van der Waals surface area contributed by atoms with Gasteiger partial charge in [-0.3, -0.25) is 9.58 Å². The van der Waals surface area contributed by atoms with Gasteiger partial charge >= 0.3 is 0 Å². The van der Waals surface area contributed by atoms with Crippen LogP contribution < -0.4 is 0 Å². The molecular weight excluding hydrogens is 292 g/mol. The van der Waals surface area contributed by atoms with Gasteiger partial charge in [-0.05, 0) is 25.2 Å². The Labute approximate surface area is 134 Å². The Hall–Kier alpha value is -2.51. The van der Waals surface area contributed by atoms with Gasteiger partial charge in [0.15, 0.2) is 0 Å². The number of hydrogen-bond donors (Lipinski definition) is 1. The predicted molar refractivity (Wildman–Crippen MR) is 85.9 cm³/mol. The average molecular weight is 312 g/mol. The molecule has 1 atom stereocenters. The maximum Gasteiger partial charge on any atom is 0.0971 e. The minimum Gasteiger partial charge on any atom is -0.390 e. The molecule has 0 radical (unpaired) electrons. The third-order valence-electron chi connectivity index (χ3n) is 3.44. The summed E-state index contributed by atoms with van der Waals surface area (Å²) in [6, 6.07) is 11.6. The Bertz CT molecular complexity index is 709. The number of hydrogen-bond acceptors (Lipinski definition) is 5. The molecule has 0 aliphatic heterocycles. The van der Waals surface area contributed by atoms with Crippen LogP contribution in [0.5, 0.6) is 0 Å². The molecule has 2 heterocycles. The van der Waals surface area contributed by atoms with Crippen molar-refractivity contribution in [3.8, 4) is 5.69 Å². The molecular formula is C16H20N6O. The van der Waals surface area contributed by atoms with Gasteiger partial charge in [-0.2, -0.15) is 20.1 Å². The van der Waals surface area contributed by atoms with Crippen molar-refractivity contribution in [2.24, 2.45) is 0 Å². The van der Waals surface area contributed by atoms with Gasteiger partial charge in [0.2, 0.25) is 0 Å². The summed E-state index contributed by atoms with van der Waals surface area (Å²) < 4.78 is 1.73. The fourth-order valence-corrected chi connectivity index (χ4v) is 2.44. The van der Waals surface area contributed by atoms with Gasteiger partial charge < -0.3 is 5.11 Å². The lowest BCUT2D eigenvalue weighted by atomic mass is 10.3. The van der Waals surface area contributed by atoms with Gasteiger partial charge in [0.1, 0.15) is 0 Å². The largest absolute Gasteiger partial charge is 0.390 e. The van der Waals surface area contributed by atoms with Crippen LogP contribution in [0.1, 0.15) is 5.69 Å². The highest BCUT2D eigenvalue weighted by Crippen LogP contribution is 2.06. The van der Waals surface area contributed by atoms with Crippen molar-refractivity contribution in [2.45, 2.75) is 19.2 Å². The summed E-state index contributed by atoms with van der Waals surface area (Å²) in [6.45, 7) is 1.65. The molecule has 0 fully saturated rings. The normalized spacial score (nSPS) is 12.7. The van der Waals surface area contributed by atoms with E-state index < -0.39 is 6.10 Å². The fourth-order valence-electron chi connectivity index (χ4n) is 2.44. The summed E-state index contributed by atoms with van der Waals surface area (Å²) in [6.07, 6.45) is 4.82. The van der Waals surface area contributed by atoms with E-state index in [4.69, 9.17) is 0 Å². The lowest BCUT2D eigenvalue weighted by molar-refractivity contribution is 0.103. The summed E-state index contributed by atoms with van der Waals surface area (Å²) in [4.78, 5) is 3.64. The van der Waals surface area contributed by atoms with E-state index in [0.717, 1.165) is 11.4 Å². The number of aliphatic hydroxyl groups is 1. The number of nitrogens with zero attached hydrogens (tertiary/aromatic N) is 6. The molecule has 1 N–H and O–H groups in total. The zero-order valence-electron chi connectivity index (χ0n) is 13.0. The third kappa shape index (κ3) is 4.24. The minimum atomic E-state index is -0.482. The molecule has 0 spiro atoms. The Morgan fingerprint density at radius 3 is 2.74 bits per heavy atom. The van der Waals surface area contributed by atoms with Crippen molar-refractivity contribution < 1.29 is 5.11 Å². The molecule has 1 aromatic carbocycles. The lowest BCUT2D eigenvalue weighted by Crippen LogP contribution is -2.32. The van der Waals surface area contributed by atoms with E-state index in [-0.39, 0.29) is 0 Å². The molecule has 7 heteroatoms. The van der Waals surface area contributed by atoms with Crippen molar-refractivity contribution in [1.82, 2.24) is 29.7 Å². The summed E-state index contributed by atoms with van der Waals surface area (Å²) in [7, 11) is 1.95. The van der Waals surface area contributed by atoms with E-state index in [1.165, 1.54) is 0 Å².